The van der Waals surface area contributed by atoms with Crippen LogP contribution in [-0.4, -0.2) is 9.78 Å². The van der Waals surface area contributed by atoms with Gasteiger partial charge in [-0.2, -0.15) is 5.10 Å². The van der Waals surface area contributed by atoms with E-state index in [1.807, 2.05) is 59.4 Å². The zero-order valence-electron chi connectivity index (χ0n) is 10.9. The predicted molar refractivity (Wildman–Crippen MR) is 76.0 cm³/mol. The average Bonchev–Trinajstić information content (AvgIpc) is 3.17. The van der Waals surface area contributed by atoms with E-state index in [1.54, 1.807) is 6.26 Å². The van der Waals surface area contributed by atoms with E-state index in [-0.39, 0.29) is 6.04 Å². The first kappa shape index (κ1) is 12.7. The molecule has 3 aromatic rings. The molecule has 1 atom stereocenters. The molecule has 0 saturated carbocycles. The molecule has 20 heavy (non-hydrogen) atoms. The van der Waals surface area contributed by atoms with Gasteiger partial charge in [-0.25, -0.2) is 4.68 Å². The third kappa shape index (κ3) is 2.64. The fourth-order valence-electron chi connectivity index (χ4n) is 2.13. The Bertz CT molecular complexity index is 646. The highest BCUT2D eigenvalue weighted by molar-refractivity contribution is 5.30. The van der Waals surface area contributed by atoms with E-state index in [0.29, 0.717) is 6.42 Å². The van der Waals surface area contributed by atoms with Crippen LogP contribution in [0.1, 0.15) is 17.5 Å². The van der Waals surface area contributed by atoms with Crippen LogP contribution in [0.15, 0.2) is 65.4 Å². The summed E-state index contributed by atoms with van der Waals surface area (Å²) in [7, 11) is 0. The molecule has 0 radical (unpaired) electrons. The SMILES string of the molecule is NNC(Cc1ccco1)c1ccn(-c2ccccc2)n1. The van der Waals surface area contributed by atoms with Crippen molar-refractivity contribution in [3.63, 3.8) is 0 Å². The monoisotopic (exact) mass is 268 g/mol. The summed E-state index contributed by atoms with van der Waals surface area (Å²) in [6, 6.07) is 15.6. The lowest BCUT2D eigenvalue weighted by atomic mass is 10.1. The van der Waals surface area contributed by atoms with E-state index in [0.717, 1.165) is 17.1 Å². The Kier molecular flexibility index (Phi) is 3.62. The normalized spacial score (nSPS) is 12.4. The standard InChI is InChI=1S/C15H16N4O/c16-17-15(11-13-7-4-10-20-13)14-8-9-19(18-14)12-5-2-1-3-6-12/h1-10,15,17H,11,16H2. The molecule has 1 unspecified atom stereocenters. The van der Waals surface area contributed by atoms with Gasteiger partial charge >= 0.3 is 0 Å². The highest BCUT2D eigenvalue weighted by Crippen LogP contribution is 2.17. The molecule has 3 rings (SSSR count). The van der Waals surface area contributed by atoms with Gasteiger partial charge in [-0.1, -0.05) is 18.2 Å². The molecule has 0 saturated heterocycles. The van der Waals surface area contributed by atoms with Gasteiger partial charge in [0.25, 0.3) is 0 Å². The average molecular weight is 268 g/mol. The second kappa shape index (κ2) is 5.73. The lowest BCUT2D eigenvalue weighted by molar-refractivity contribution is 0.448. The van der Waals surface area contributed by atoms with Crippen molar-refractivity contribution in [2.24, 2.45) is 5.84 Å². The highest BCUT2D eigenvalue weighted by atomic mass is 16.3. The summed E-state index contributed by atoms with van der Waals surface area (Å²) in [5, 5.41) is 4.56. The van der Waals surface area contributed by atoms with E-state index in [4.69, 9.17) is 10.3 Å². The van der Waals surface area contributed by atoms with E-state index >= 15 is 0 Å². The summed E-state index contributed by atoms with van der Waals surface area (Å²) in [5.41, 5.74) is 4.69. The van der Waals surface area contributed by atoms with Crippen LogP contribution in [0.2, 0.25) is 0 Å². The van der Waals surface area contributed by atoms with Crippen molar-refractivity contribution in [2.45, 2.75) is 12.5 Å². The van der Waals surface area contributed by atoms with Gasteiger partial charge in [0.15, 0.2) is 0 Å². The number of furan rings is 1. The van der Waals surface area contributed by atoms with Crippen LogP contribution in [-0.2, 0) is 6.42 Å². The summed E-state index contributed by atoms with van der Waals surface area (Å²) in [6.07, 6.45) is 4.25. The van der Waals surface area contributed by atoms with Gasteiger partial charge in [-0.05, 0) is 30.3 Å². The minimum absolute atomic E-state index is 0.0777. The van der Waals surface area contributed by atoms with Crippen LogP contribution >= 0.6 is 0 Å². The smallest absolute Gasteiger partial charge is 0.105 e. The molecule has 3 N–H and O–H groups in total. The third-order valence-electron chi connectivity index (χ3n) is 3.17. The second-order valence-electron chi connectivity index (χ2n) is 4.52. The van der Waals surface area contributed by atoms with Crippen LogP contribution in [0.3, 0.4) is 0 Å². The number of hydrogen-bond acceptors (Lipinski definition) is 4. The summed E-state index contributed by atoms with van der Waals surface area (Å²) < 4.78 is 7.18. The molecule has 0 aliphatic carbocycles. The fourth-order valence-corrected chi connectivity index (χ4v) is 2.13. The summed E-state index contributed by atoms with van der Waals surface area (Å²) in [4.78, 5) is 0. The summed E-state index contributed by atoms with van der Waals surface area (Å²) in [6.45, 7) is 0. The lowest BCUT2D eigenvalue weighted by Gasteiger charge is -2.11. The van der Waals surface area contributed by atoms with Gasteiger partial charge in [-0.3, -0.25) is 11.3 Å². The van der Waals surface area contributed by atoms with Crippen molar-refractivity contribution in [3.05, 3.63) is 72.4 Å². The maximum absolute atomic E-state index is 5.63. The largest absolute Gasteiger partial charge is 0.469 e. The Labute approximate surface area is 117 Å². The molecule has 2 heterocycles. The topological polar surface area (TPSA) is 69.0 Å². The minimum atomic E-state index is -0.0777. The maximum Gasteiger partial charge on any atom is 0.105 e. The van der Waals surface area contributed by atoms with E-state index in [2.05, 4.69) is 10.5 Å². The van der Waals surface area contributed by atoms with Crippen LogP contribution in [0.4, 0.5) is 0 Å². The number of benzene rings is 1. The van der Waals surface area contributed by atoms with Crippen molar-refractivity contribution in [3.8, 4) is 5.69 Å². The highest BCUT2D eigenvalue weighted by Gasteiger charge is 2.15. The van der Waals surface area contributed by atoms with Crippen LogP contribution in [0.25, 0.3) is 5.69 Å². The molecule has 102 valence electrons. The number of para-hydroxylation sites is 1. The lowest BCUT2D eigenvalue weighted by Crippen LogP contribution is -2.29. The first-order valence-corrected chi connectivity index (χ1v) is 6.46. The van der Waals surface area contributed by atoms with Gasteiger partial charge in [-0.15, -0.1) is 0 Å². The number of rotatable bonds is 5. The molecule has 0 fully saturated rings. The Balaban J connectivity index is 1.81. The second-order valence-corrected chi connectivity index (χ2v) is 4.52. The molecule has 1 aromatic carbocycles. The maximum atomic E-state index is 5.63. The number of hydrogen-bond donors (Lipinski definition) is 2. The van der Waals surface area contributed by atoms with E-state index in [9.17, 15) is 0 Å². The molecule has 5 nitrogen and oxygen atoms in total. The molecule has 0 spiro atoms. The number of nitrogens with one attached hydrogen (secondary N) is 1. The quantitative estimate of drug-likeness (QED) is 0.550. The Morgan fingerprint density at radius 1 is 1.15 bits per heavy atom. The van der Waals surface area contributed by atoms with Crippen LogP contribution < -0.4 is 11.3 Å². The Morgan fingerprint density at radius 2 is 2.00 bits per heavy atom. The van der Waals surface area contributed by atoms with Crippen molar-refractivity contribution in [1.82, 2.24) is 15.2 Å². The van der Waals surface area contributed by atoms with E-state index in [1.165, 1.54) is 0 Å². The van der Waals surface area contributed by atoms with E-state index < -0.39 is 0 Å². The number of nitrogens with two attached hydrogens (primary N) is 1. The molecule has 0 amide bonds. The summed E-state index contributed by atoms with van der Waals surface area (Å²) in [5.74, 6) is 6.51. The third-order valence-corrected chi connectivity index (χ3v) is 3.17. The van der Waals surface area contributed by atoms with Gasteiger partial charge in [0, 0.05) is 12.6 Å². The van der Waals surface area contributed by atoms with Crippen molar-refractivity contribution in [2.75, 3.05) is 0 Å². The van der Waals surface area contributed by atoms with Crippen LogP contribution in [0.5, 0.6) is 0 Å². The number of nitrogens with zero attached hydrogens (tertiary/aromatic N) is 2. The summed E-state index contributed by atoms with van der Waals surface area (Å²) >= 11 is 0. The van der Waals surface area contributed by atoms with Gasteiger partial charge in [0.2, 0.25) is 0 Å². The van der Waals surface area contributed by atoms with Gasteiger partial charge in [0.05, 0.1) is 23.7 Å². The first-order chi connectivity index (χ1) is 9.86. The predicted octanol–water partition coefficient (Wildman–Crippen LogP) is 2.21. The molecule has 0 bridgehead atoms. The molecular weight excluding hydrogens is 252 g/mol. The number of aromatic nitrogens is 2. The van der Waals surface area contributed by atoms with Gasteiger partial charge < -0.3 is 4.42 Å². The molecule has 0 aliphatic heterocycles. The fraction of sp³-hybridized carbons (Fsp3) is 0.133. The first-order valence-electron chi connectivity index (χ1n) is 6.46. The van der Waals surface area contributed by atoms with Crippen molar-refractivity contribution >= 4 is 0 Å². The Hall–Kier alpha value is -2.37. The Morgan fingerprint density at radius 3 is 2.70 bits per heavy atom. The molecule has 2 aromatic heterocycles. The number of hydrazine groups is 1. The van der Waals surface area contributed by atoms with Crippen LogP contribution in [0, 0.1) is 0 Å². The van der Waals surface area contributed by atoms with Crippen molar-refractivity contribution in [1.29, 1.82) is 0 Å². The zero-order chi connectivity index (χ0) is 13.8. The molecule has 0 aliphatic rings. The van der Waals surface area contributed by atoms with Crippen molar-refractivity contribution < 1.29 is 4.42 Å². The molecular formula is C15H16N4O. The molecule has 5 heteroatoms. The zero-order valence-corrected chi connectivity index (χ0v) is 10.9. The minimum Gasteiger partial charge on any atom is -0.469 e. The van der Waals surface area contributed by atoms with Gasteiger partial charge in [0.1, 0.15) is 5.76 Å².